The number of nitriles is 1. The van der Waals surface area contributed by atoms with Gasteiger partial charge in [-0.15, -0.1) is 0 Å². The number of carbonyl (C=O) groups excluding carboxylic acids is 1. The molecule has 0 atom stereocenters. The fourth-order valence-electron chi connectivity index (χ4n) is 0.937. The fraction of sp³-hybridized carbons (Fsp3) is 0.273. The highest BCUT2D eigenvalue weighted by atomic mass is 16.1. The maximum Gasteiger partial charge on any atom is 0.214 e. The van der Waals surface area contributed by atoms with Crippen LogP contribution in [0.25, 0.3) is 0 Å². The van der Waals surface area contributed by atoms with Gasteiger partial charge in [0.15, 0.2) is 0 Å². The van der Waals surface area contributed by atoms with Gasteiger partial charge in [0, 0.05) is 19.2 Å². The molecule has 1 rings (SSSR count). The molecule has 1 aromatic carbocycles. The van der Waals surface area contributed by atoms with Gasteiger partial charge < -0.3 is 4.90 Å². The van der Waals surface area contributed by atoms with Crippen molar-refractivity contribution in [1.82, 2.24) is 0 Å². The Kier molecular flexibility index (Phi) is 6.79. The second kappa shape index (κ2) is 7.81. The normalized spacial score (nSPS) is 7.79. The van der Waals surface area contributed by atoms with E-state index in [0.29, 0.717) is 6.54 Å². The summed E-state index contributed by atoms with van der Waals surface area (Å²) in [6, 6.07) is 11.3. The number of para-hydroxylation sites is 1. The van der Waals surface area contributed by atoms with E-state index in [2.05, 4.69) is 0 Å². The largest absolute Gasteiger partial charge is 0.315 e. The van der Waals surface area contributed by atoms with Crippen LogP contribution < -0.4 is 4.90 Å². The lowest BCUT2D eigenvalue weighted by molar-refractivity contribution is -0.107. The lowest BCUT2D eigenvalue weighted by Crippen LogP contribution is -2.19. The molecule has 0 heterocycles. The second-order valence-electron chi connectivity index (χ2n) is 2.45. The summed E-state index contributed by atoms with van der Waals surface area (Å²) in [5.41, 5.74) is 0.949. The first-order chi connectivity index (χ1) is 6.79. The van der Waals surface area contributed by atoms with E-state index in [1.54, 1.807) is 11.0 Å². The van der Waals surface area contributed by atoms with Crippen LogP contribution in [0.1, 0.15) is 13.8 Å². The SMILES string of the molecule is CC#N.CCN(C=O)c1ccccc1. The molecule has 0 saturated carbocycles. The fourth-order valence-corrected chi connectivity index (χ4v) is 0.937. The van der Waals surface area contributed by atoms with Crippen LogP contribution in [0.4, 0.5) is 5.69 Å². The first-order valence-electron chi connectivity index (χ1n) is 4.38. The summed E-state index contributed by atoms with van der Waals surface area (Å²) in [7, 11) is 0. The Morgan fingerprint density at radius 1 is 1.43 bits per heavy atom. The van der Waals surface area contributed by atoms with Gasteiger partial charge in [0.1, 0.15) is 0 Å². The highest BCUT2D eigenvalue weighted by Gasteiger charge is 1.98. The molecule has 0 N–H and O–H groups in total. The molecule has 0 radical (unpaired) electrons. The minimum Gasteiger partial charge on any atom is -0.315 e. The molecule has 0 fully saturated rings. The summed E-state index contributed by atoms with van der Waals surface area (Å²) in [6.45, 7) is 4.09. The maximum atomic E-state index is 10.5. The van der Waals surface area contributed by atoms with Gasteiger partial charge in [-0.3, -0.25) is 4.79 Å². The summed E-state index contributed by atoms with van der Waals surface area (Å²) < 4.78 is 0. The summed E-state index contributed by atoms with van der Waals surface area (Å²) in [4.78, 5) is 12.1. The second-order valence-corrected chi connectivity index (χ2v) is 2.45. The quantitative estimate of drug-likeness (QED) is 0.686. The van der Waals surface area contributed by atoms with Crippen molar-refractivity contribution in [3.63, 3.8) is 0 Å². The molecule has 0 saturated heterocycles. The molecule has 74 valence electrons. The van der Waals surface area contributed by atoms with Crippen molar-refractivity contribution >= 4 is 12.1 Å². The van der Waals surface area contributed by atoms with Gasteiger partial charge in [0.2, 0.25) is 6.41 Å². The van der Waals surface area contributed by atoms with Crippen molar-refractivity contribution < 1.29 is 4.79 Å². The Morgan fingerprint density at radius 2 is 1.93 bits per heavy atom. The first kappa shape index (κ1) is 12.2. The molecule has 0 unspecified atom stereocenters. The van der Waals surface area contributed by atoms with Crippen LogP contribution in [-0.2, 0) is 4.79 Å². The Hall–Kier alpha value is -1.82. The monoisotopic (exact) mass is 190 g/mol. The van der Waals surface area contributed by atoms with Crippen LogP contribution >= 0.6 is 0 Å². The van der Waals surface area contributed by atoms with E-state index in [-0.39, 0.29) is 0 Å². The predicted molar refractivity (Wildman–Crippen MR) is 56.8 cm³/mol. The predicted octanol–water partition coefficient (Wildman–Crippen LogP) is 2.20. The smallest absolute Gasteiger partial charge is 0.214 e. The molecule has 1 amide bonds. The number of amides is 1. The van der Waals surface area contributed by atoms with Crippen molar-refractivity contribution in [2.75, 3.05) is 11.4 Å². The van der Waals surface area contributed by atoms with Gasteiger partial charge in [0.05, 0.1) is 6.07 Å². The molecular weight excluding hydrogens is 176 g/mol. The topological polar surface area (TPSA) is 44.1 Å². The zero-order chi connectivity index (χ0) is 10.8. The van der Waals surface area contributed by atoms with Crippen LogP contribution in [-0.4, -0.2) is 13.0 Å². The Labute approximate surface area is 84.6 Å². The Balaban J connectivity index is 0.000000500. The number of anilines is 1. The molecule has 14 heavy (non-hydrogen) atoms. The van der Waals surface area contributed by atoms with Crippen molar-refractivity contribution in [2.45, 2.75) is 13.8 Å². The van der Waals surface area contributed by atoms with E-state index in [4.69, 9.17) is 5.26 Å². The number of hydrogen-bond acceptors (Lipinski definition) is 2. The molecule has 0 aliphatic heterocycles. The van der Waals surface area contributed by atoms with Crippen molar-refractivity contribution in [2.24, 2.45) is 0 Å². The summed E-state index contributed by atoms with van der Waals surface area (Å²) in [5, 5.41) is 7.32. The van der Waals surface area contributed by atoms with Crippen molar-refractivity contribution in [3.05, 3.63) is 30.3 Å². The van der Waals surface area contributed by atoms with Crippen molar-refractivity contribution in [3.8, 4) is 6.07 Å². The van der Waals surface area contributed by atoms with E-state index in [0.717, 1.165) is 12.1 Å². The average Bonchev–Trinajstić information content (AvgIpc) is 2.22. The van der Waals surface area contributed by atoms with Gasteiger partial charge in [0.25, 0.3) is 0 Å². The van der Waals surface area contributed by atoms with Gasteiger partial charge in [-0.05, 0) is 19.1 Å². The van der Waals surface area contributed by atoms with Gasteiger partial charge in [-0.2, -0.15) is 5.26 Å². The zero-order valence-corrected chi connectivity index (χ0v) is 8.47. The molecule has 0 aliphatic carbocycles. The van der Waals surface area contributed by atoms with Crippen LogP contribution in [0.3, 0.4) is 0 Å². The zero-order valence-electron chi connectivity index (χ0n) is 8.47. The third kappa shape index (κ3) is 4.27. The summed E-state index contributed by atoms with van der Waals surface area (Å²) >= 11 is 0. The van der Waals surface area contributed by atoms with Gasteiger partial charge in [-0.25, -0.2) is 0 Å². The first-order valence-corrected chi connectivity index (χ1v) is 4.38. The highest BCUT2D eigenvalue weighted by Crippen LogP contribution is 2.09. The van der Waals surface area contributed by atoms with Crippen LogP contribution in [0.15, 0.2) is 30.3 Å². The van der Waals surface area contributed by atoms with E-state index >= 15 is 0 Å². The lowest BCUT2D eigenvalue weighted by Gasteiger charge is -2.13. The summed E-state index contributed by atoms with van der Waals surface area (Å²) in [6.07, 6.45) is 0.843. The molecule has 1 aromatic rings. The third-order valence-corrected chi connectivity index (χ3v) is 1.56. The Bertz CT molecular complexity index is 290. The molecule has 0 spiro atoms. The number of carbonyl (C=O) groups is 1. The molecule has 3 nitrogen and oxygen atoms in total. The van der Waals surface area contributed by atoms with Crippen molar-refractivity contribution in [1.29, 1.82) is 5.26 Å². The van der Waals surface area contributed by atoms with E-state index in [1.165, 1.54) is 6.92 Å². The maximum absolute atomic E-state index is 10.5. The lowest BCUT2D eigenvalue weighted by atomic mass is 10.3. The Morgan fingerprint density at radius 3 is 2.29 bits per heavy atom. The number of hydrogen-bond donors (Lipinski definition) is 0. The van der Waals surface area contributed by atoms with E-state index in [1.807, 2.05) is 37.3 Å². The standard InChI is InChI=1S/C9H11NO.C2H3N/c1-2-10(8-11)9-6-4-3-5-7-9;1-2-3/h3-8H,2H2,1H3;1H3. The molecular formula is C11H14N2O. The highest BCUT2D eigenvalue weighted by molar-refractivity contribution is 5.74. The molecule has 3 heteroatoms. The van der Waals surface area contributed by atoms with Crippen LogP contribution in [0.5, 0.6) is 0 Å². The number of benzene rings is 1. The van der Waals surface area contributed by atoms with Crippen LogP contribution in [0.2, 0.25) is 0 Å². The van der Waals surface area contributed by atoms with E-state index < -0.39 is 0 Å². The average molecular weight is 190 g/mol. The molecule has 0 bridgehead atoms. The van der Waals surface area contributed by atoms with Gasteiger partial charge >= 0.3 is 0 Å². The van der Waals surface area contributed by atoms with E-state index in [9.17, 15) is 4.79 Å². The third-order valence-electron chi connectivity index (χ3n) is 1.56. The van der Waals surface area contributed by atoms with Crippen LogP contribution in [0, 0.1) is 11.3 Å². The summed E-state index contributed by atoms with van der Waals surface area (Å²) in [5.74, 6) is 0. The minimum atomic E-state index is 0.716. The molecule has 0 aromatic heterocycles. The van der Waals surface area contributed by atoms with Gasteiger partial charge in [-0.1, -0.05) is 18.2 Å². The number of nitrogens with zero attached hydrogens (tertiary/aromatic N) is 2. The molecule has 0 aliphatic rings. The number of rotatable bonds is 3. The minimum absolute atomic E-state index is 0.716.